The number of ether oxygens (including phenoxy) is 2. The maximum absolute atomic E-state index is 12.4. The number of carbonyl (C=O) groups is 1. The van der Waals surface area contributed by atoms with Gasteiger partial charge in [-0.2, -0.15) is 5.10 Å². The highest BCUT2D eigenvalue weighted by atomic mass is 16.5. The Morgan fingerprint density at radius 1 is 1.04 bits per heavy atom. The SMILES string of the molecule is CCC(C)/C(C)=N/NC(=O)c1ccccc1OCCOc1ccccc1. The van der Waals surface area contributed by atoms with Gasteiger partial charge in [0.05, 0.1) is 5.56 Å². The third kappa shape index (κ3) is 5.92. The minimum absolute atomic E-state index is 0.285. The van der Waals surface area contributed by atoms with E-state index in [1.165, 1.54) is 0 Å². The Morgan fingerprint density at radius 2 is 1.69 bits per heavy atom. The van der Waals surface area contributed by atoms with Gasteiger partial charge < -0.3 is 9.47 Å². The lowest BCUT2D eigenvalue weighted by Gasteiger charge is -2.12. The highest BCUT2D eigenvalue weighted by Gasteiger charge is 2.12. The second-order valence-electron chi connectivity index (χ2n) is 6.01. The van der Waals surface area contributed by atoms with E-state index >= 15 is 0 Å². The number of hydrogen-bond donors (Lipinski definition) is 1. The van der Waals surface area contributed by atoms with Gasteiger partial charge in [-0.25, -0.2) is 5.43 Å². The lowest BCUT2D eigenvalue weighted by atomic mass is 10.1. The lowest BCUT2D eigenvalue weighted by Crippen LogP contribution is -2.22. The summed E-state index contributed by atoms with van der Waals surface area (Å²) in [6.07, 6.45) is 0.978. The van der Waals surface area contributed by atoms with Crippen LogP contribution in [0.4, 0.5) is 0 Å². The van der Waals surface area contributed by atoms with E-state index in [9.17, 15) is 4.79 Å². The van der Waals surface area contributed by atoms with E-state index in [1.54, 1.807) is 18.2 Å². The van der Waals surface area contributed by atoms with Gasteiger partial charge in [0, 0.05) is 5.71 Å². The zero-order valence-electron chi connectivity index (χ0n) is 15.6. The number of carbonyl (C=O) groups excluding carboxylic acids is 1. The average Bonchev–Trinajstić information content (AvgIpc) is 2.69. The van der Waals surface area contributed by atoms with Crippen molar-refractivity contribution in [1.29, 1.82) is 0 Å². The van der Waals surface area contributed by atoms with Gasteiger partial charge in [-0.1, -0.05) is 44.2 Å². The number of hydrogen-bond acceptors (Lipinski definition) is 4. The Balaban J connectivity index is 1.91. The molecule has 0 saturated carbocycles. The topological polar surface area (TPSA) is 59.9 Å². The van der Waals surface area contributed by atoms with Gasteiger partial charge in [0.25, 0.3) is 5.91 Å². The highest BCUT2D eigenvalue weighted by Crippen LogP contribution is 2.18. The van der Waals surface area contributed by atoms with Gasteiger partial charge in [0.15, 0.2) is 0 Å². The molecule has 138 valence electrons. The molecule has 0 spiro atoms. The number of rotatable bonds is 9. The fraction of sp³-hybridized carbons (Fsp3) is 0.333. The maximum Gasteiger partial charge on any atom is 0.275 e. The molecule has 1 atom stereocenters. The van der Waals surface area contributed by atoms with Crippen LogP contribution in [0.15, 0.2) is 59.7 Å². The summed E-state index contributed by atoms with van der Waals surface area (Å²) >= 11 is 0. The van der Waals surface area contributed by atoms with Crippen LogP contribution in [-0.2, 0) is 0 Å². The van der Waals surface area contributed by atoms with Crippen molar-refractivity contribution in [3.63, 3.8) is 0 Å². The third-order valence-electron chi connectivity index (χ3n) is 4.14. The average molecular weight is 354 g/mol. The highest BCUT2D eigenvalue weighted by molar-refractivity contribution is 5.97. The molecule has 5 nitrogen and oxygen atoms in total. The Morgan fingerprint density at radius 3 is 2.42 bits per heavy atom. The first-order chi connectivity index (χ1) is 12.6. The number of amides is 1. The van der Waals surface area contributed by atoms with Gasteiger partial charge in [-0.15, -0.1) is 0 Å². The molecule has 0 aliphatic rings. The first-order valence-corrected chi connectivity index (χ1v) is 8.86. The molecule has 1 amide bonds. The predicted octanol–water partition coefficient (Wildman–Crippen LogP) is 4.30. The van der Waals surface area contributed by atoms with E-state index in [0.29, 0.717) is 30.4 Å². The van der Waals surface area contributed by atoms with Crippen LogP contribution in [0.5, 0.6) is 11.5 Å². The Kier molecular flexibility index (Phi) is 7.68. The van der Waals surface area contributed by atoms with Crippen LogP contribution >= 0.6 is 0 Å². The largest absolute Gasteiger partial charge is 0.490 e. The van der Waals surface area contributed by atoms with Gasteiger partial charge in [0.1, 0.15) is 24.7 Å². The fourth-order valence-electron chi connectivity index (χ4n) is 2.21. The van der Waals surface area contributed by atoms with E-state index < -0.39 is 0 Å². The smallest absolute Gasteiger partial charge is 0.275 e. The third-order valence-corrected chi connectivity index (χ3v) is 4.14. The van der Waals surface area contributed by atoms with E-state index in [0.717, 1.165) is 17.9 Å². The van der Waals surface area contributed by atoms with Gasteiger partial charge in [0.2, 0.25) is 0 Å². The summed E-state index contributed by atoms with van der Waals surface area (Å²) in [6, 6.07) is 16.7. The summed E-state index contributed by atoms with van der Waals surface area (Å²) in [4.78, 5) is 12.4. The van der Waals surface area contributed by atoms with Crippen molar-refractivity contribution in [3.8, 4) is 11.5 Å². The van der Waals surface area contributed by atoms with Gasteiger partial charge in [-0.05, 0) is 43.5 Å². The molecule has 0 bridgehead atoms. The van der Waals surface area contributed by atoms with Crippen molar-refractivity contribution in [1.82, 2.24) is 5.43 Å². The Labute approximate surface area is 155 Å². The van der Waals surface area contributed by atoms with Crippen molar-refractivity contribution in [3.05, 3.63) is 60.2 Å². The fourth-order valence-corrected chi connectivity index (χ4v) is 2.21. The minimum atomic E-state index is -0.285. The summed E-state index contributed by atoms with van der Waals surface area (Å²) < 4.78 is 11.3. The molecule has 0 saturated heterocycles. The summed E-state index contributed by atoms with van der Waals surface area (Å²) in [6.45, 7) is 6.82. The molecule has 1 unspecified atom stereocenters. The van der Waals surface area contributed by atoms with E-state index in [4.69, 9.17) is 9.47 Å². The second kappa shape index (κ2) is 10.2. The maximum atomic E-state index is 12.4. The van der Waals surface area contributed by atoms with Crippen molar-refractivity contribution in [2.24, 2.45) is 11.0 Å². The summed E-state index contributed by atoms with van der Waals surface area (Å²) in [5.41, 5.74) is 3.96. The zero-order chi connectivity index (χ0) is 18.8. The summed E-state index contributed by atoms with van der Waals surface area (Å²) in [7, 11) is 0. The monoisotopic (exact) mass is 354 g/mol. The van der Waals surface area contributed by atoms with Crippen LogP contribution in [0.1, 0.15) is 37.6 Å². The number of nitrogens with zero attached hydrogens (tertiary/aromatic N) is 1. The van der Waals surface area contributed by atoms with Crippen LogP contribution in [0.25, 0.3) is 0 Å². The zero-order valence-corrected chi connectivity index (χ0v) is 15.6. The molecule has 1 N–H and O–H groups in total. The molecule has 0 fully saturated rings. The van der Waals surface area contributed by atoms with Gasteiger partial charge >= 0.3 is 0 Å². The summed E-state index contributed by atoms with van der Waals surface area (Å²) in [5.74, 6) is 1.35. The van der Waals surface area contributed by atoms with Crippen molar-refractivity contribution in [2.45, 2.75) is 27.2 Å². The Bertz CT molecular complexity index is 729. The molecule has 0 radical (unpaired) electrons. The minimum Gasteiger partial charge on any atom is -0.490 e. The quantitative estimate of drug-likeness (QED) is 0.415. The molecule has 5 heteroatoms. The molecule has 2 aromatic carbocycles. The predicted molar refractivity (Wildman–Crippen MR) is 104 cm³/mol. The number of hydrazone groups is 1. The van der Waals surface area contributed by atoms with E-state index in [2.05, 4.69) is 24.4 Å². The molecule has 26 heavy (non-hydrogen) atoms. The van der Waals surface area contributed by atoms with Crippen LogP contribution in [-0.4, -0.2) is 24.8 Å². The van der Waals surface area contributed by atoms with E-state index in [1.807, 2.05) is 43.3 Å². The molecule has 0 aliphatic carbocycles. The molecule has 2 aromatic rings. The Hall–Kier alpha value is -2.82. The molecular formula is C21H26N2O3. The van der Waals surface area contributed by atoms with Crippen molar-refractivity contribution in [2.75, 3.05) is 13.2 Å². The molecule has 0 aliphatic heterocycles. The van der Waals surface area contributed by atoms with Crippen molar-refractivity contribution < 1.29 is 14.3 Å². The normalized spacial score (nSPS) is 12.3. The number of nitrogens with one attached hydrogen (secondary N) is 1. The second-order valence-corrected chi connectivity index (χ2v) is 6.01. The molecular weight excluding hydrogens is 328 g/mol. The van der Waals surface area contributed by atoms with Crippen LogP contribution in [0.3, 0.4) is 0 Å². The van der Waals surface area contributed by atoms with Crippen LogP contribution < -0.4 is 14.9 Å². The standard InChI is InChI=1S/C21H26N2O3/c1-4-16(2)17(3)22-23-21(24)19-12-8-9-13-20(19)26-15-14-25-18-10-6-5-7-11-18/h5-13,16H,4,14-15H2,1-3H3,(H,23,24)/b22-17+. The van der Waals surface area contributed by atoms with Gasteiger partial charge in [-0.3, -0.25) is 4.79 Å². The lowest BCUT2D eigenvalue weighted by molar-refractivity contribution is 0.0949. The van der Waals surface area contributed by atoms with Crippen LogP contribution in [0.2, 0.25) is 0 Å². The number of benzene rings is 2. The molecule has 0 aromatic heterocycles. The first-order valence-electron chi connectivity index (χ1n) is 8.86. The molecule has 2 rings (SSSR count). The number of para-hydroxylation sites is 2. The van der Waals surface area contributed by atoms with E-state index in [-0.39, 0.29) is 5.91 Å². The summed E-state index contributed by atoms with van der Waals surface area (Å²) in [5, 5.41) is 4.19. The molecule has 0 heterocycles. The van der Waals surface area contributed by atoms with Crippen molar-refractivity contribution >= 4 is 11.6 Å². The van der Waals surface area contributed by atoms with Crippen LogP contribution in [0, 0.1) is 5.92 Å². The first kappa shape index (κ1) is 19.5.